The fourth-order valence-corrected chi connectivity index (χ4v) is 3.14. The van der Waals surface area contributed by atoms with Gasteiger partial charge in [-0.25, -0.2) is 0 Å². The van der Waals surface area contributed by atoms with Gasteiger partial charge in [-0.3, -0.25) is 0 Å². The first-order chi connectivity index (χ1) is 9.70. The van der Waals surface area contributed by atoms with Crippen LogP contribution in [0.15, 0.2) is 24.3 Å². The molecule has 3 nitrogen and oxygen atoms in total. The number of aromatic amines is 1. The van der Waals surface area contributed by atoms with Gasteiger partial charge in [0.1, 0.15) is 16.5 Å². The lowest BCUT2D eigenvalue weighted by atomic mass is 9.87. The van der Waals surface area contributed by atoms with Crippen molar-refractivity contribution >= 4 is 12.2 Å². The third-order valence-corrected chi connectivity index (χ3v) is 4.06. The van der Waals surface area contributed by atoms with Crippen LogP contribution in [0.5, 0.6) is 5.75 Å². The maximum Gasteiger partial charge on any atom is 0.122 e. The minimum Gasteiger partial charge on any atom is -0.508 e. The molecule has 0 spiro atoms. The molecular weight excluding hydrogens is 268 g/mol. The highest BCUT2D eigenvalue weighted by Gasteiger charge is 2.20. The molecule has 3 rings (SSSR count). The average molecular weight is 282 g/mol. The molecule has 100 valence electrons. The molecule has 1 aromatic heterocycles. The molecule has 0 radical (unpaired) electrons. The third-order valence-electron chi connectivity index (χ3n) is 3.76. The second kappa shape index (κ2) is 5.10. The molecule has 0 saturated carbocycles. The zero-order valence-corrected chi connectivity index (χ0v) is 11.8. The highest BCUT2D eigenvalue weighted by molar-refractivity contribution is 7.71. The standard InChI is InChI=1S/C16H14N2OS/c17-9-13-15(10-4-3-5-11(19)8-10)12-6-1-2-7-14(12)18-16(13)20/h3-5,8,19H,1-2,6-7H2,(H,18,20). The second-order valence-corrected chi connectivity index (χ2v) is 5.44. The smallest absolute Gasteiger partial charge is 0.122 e. The lowest BCUT2D eigenvalue weighted by Crippen LogP contribution is -2.09. The molecule has 20 heavy (non-hydrogen) atoms. The van der Waals surface area contributed by atoms with Crippen LogP contribution in [0, 0.1) is 16.0 Å². The number of fused-ring (bicyclic) bond motifs is 1. The fourth-order valence-electron chi connectivity index (χ4n) is 2.87. The first-order valence-corrected chi connectivity index (χ1v) is 7.09. The predicted octanol–water partition coefficient (Wildman–Crippen LogP) is 3.87. The van der Waals surface area contributed by atoms with Crippen LogP contribution in [0.4, 0.5) is 0 Å². The number of pyridine rings is 1. The molecule has 2 N–H and O–H groups in total. The predicted molar refractivity (Wildman–Crippen MR) is 80.1 cm³/mol. The highest BCUT2D eigenvalue weighted by atomic mass is 32.1. The minimum absolute atomic E-state index is 0.203. The van der Waals surface area contributed by atoms with Crippen LogP contribution < -0.4 is 0 Å². The van der Waals surface area contributed by atoms with Crippen molar-refractivity contribution in [1.82, 2.24) is 4.98 Å². The number of nitrogens with one attached hydrogen (secondary N) is 1. The first kappa shape index (κ1) is 12.9. The summed E-state index contributed by atoms with van der Waals surface area (Å²) in [5.74, 6) is 0.203. The van der Waals surface area contributed by atoms with Gasteiger partial charge >= 0.3 is 0 Å². The van der Waals surface area contributed by atoms with E-state index >= 15 is 0 Å². The Kier molecular flexibility index (Phi) is 3.29. The summed E-state index contributed by atoms with van der Waals surface area (Å²) in [6, 6.07) is 9.25. The Morgan fingerprint density at radius 2 is 2.05 bits per heavy atom. The van der Waals surface area contributed by atoms with Gasteiger partial charge in [0.25, 0.3) is 0 Å². The fraction of sp³-hybridized carbons (Fsp3) is 0.250. The molecule has 1 aliphatic carbocycles. The maximum atomic E-state index is 9.69. The summed E-state index contributed by atoms with van der Waals surface area (Å²) in [6.07, 6.45) is 4.18. The number of hydrogen-bond donors (Lipinski definition) is 2. The molecule has 0 aliphatic heterocycles. The number of hydrogen-bond acceptors (Lipinski definition) is 3. The summed E-state index contributed by atoms with van der Waals surface area (Å²) in [5.41, 5.74) is 4.57. The number of phenolic OH excluding ortho intramolecular Hbond substituents is 1. The number of aryl methyl sites for hydroxylation is 1. The van der Waals surface area contributed by atoms with Gasteiger partial charge in [0.15, 0.2) is 0 Å². The van der Waals surface area contributed by atoms with Gasteiger partial charge in [0, 0.05) is 11.3 Å². The van der Waals surface area contributed by atoms with E-state index in [9.17, 15) is 10.4 Å². The Labute approximate surface area is 122 Å². The molecule has 0 unspecified atom stereocenters. The molecule has 1 aromatic carbocycles. The van der Waals surface area contributed by atoms with Crippen molar-refractivity contribution in [1.29, 1.82) is 5.26 Å². The SMILES string of the molecule is N#Cc1c(-c2cccc(O)c2)c2c([nH]c1=S)CCCC2. The summed E-state index contributed by atoms with van der Waals surface area (Å²) < 4.78 is 0.492. The van der Waals surface area contributed by atoms with E-state index in [1.54, 1.807) is 18.2 Å². The van der Waals surface area contributed by atoms with E-state index in [0.29, 0.717) is 10.2 Å². The molecule has 0 saturated heterocycles. The van der Waals surface area contributed by atoms with Crippen molar-refractivity contribution in [2.75, 3.05) is 0 Å². The normalized spacial score (nSPS) is 13.6. The van der Waals surface area contributed by atoms with Crippen LogP contribution in [0.1, 0.15) is 29.7 Å². The Hall–Kier alpha value is -2.12. The van der Waals surface area contributed by atoms with Gasteiger partial charge < -0.3 is 10.1 Å². The number of nitriles is 1. The largest absolute Gasteiger partial charge is 0.508 e. The lowest BCUT2D eigenvalue weighted by molar-refractivity contribution is 0.475. The summed E-state index contributed by atoms with van der Waals surface area (Å²) in [7, 11) is 0. The topological polar surface area (TPSA) is 59.8 Å². The van der Waals surface area contributed by atoms with E-state index in [4.69, 9.17) is 12.2 Å². The molecule has 1 aliphatic rings. The van der Waals surface area contributed by atoms with Gasteiger partial charge in [-0.1, -0.05) is 24.4 Å². The van der Waals surface area contributed by atoms with E-state index in [1.807, 2.05) is 6.07 Å². The Morgan fingerprint density at radius 1 is 1.25 bits per heavy atom. The Bertz CT molecular complexity index is 771. The lowest BCUT2D eigenvalue weighted by Gasteiger charge is -2.20. The molecule has 0 atom stereocenters. The van der Waals surface area contributed by atoms with Crippen LogP contribution in [0.25, 0.3) is 11.1 Å². The number of phenols is 1. The number of nitrogens with zero attached hydrogens (tertiary/aromatic N) is 1. The van der Waals surface area contributed by atoms with E-state index in [0.717, 1.165) is 42.5 Å². The third kappa shape index (κ3) is 2.10. The summed E-state index contributed by atoms with van der Waals surface area (Å²) >= 11 is 5.32. The molecule has 0 fully saturated rings. The highest BCUT2D eigenvalue weighted by Crippen LogP contribution is 2.34. The monoisotopic (exact) mass is 282 g/mol. The van der Waals surface area contributed by atoms with Gasteiger partial charge in [-0.2, -0.15) is 5.26 Å². The number of rotatable bonds is 1. The molecule has 0 bridgehead atoms. The van der Waals surface area contributed by atoms with E-state index in [2.05, 4.69) is 11.1 Å². The minimum atomic E-state index is 0.203. The van der Waals surface area contributed by atoms with Crippen molar-refractivity contribution in [2.45, 2.75) is 25.7 Å². The molecule has 0 amide bonds. The molecule has 2 aromatic rings. The zero-order valence-electron chi connectivity index (χ0n) is 10.9. The summed E-state index contributed by atoms with van der Waals surface area (Å²) in [5, 5.41) is 19.1. The van der Waals surface area contributed by atoms with Crippen LogP contribution >= 0.6 is 12.2 Å². The van der Waals surface area contributed by atoms with Crippen molar-refractivity contribution in [2.24, 2.45) is 0 Å². The first-order valence-electron chi connectivity index (χ1n) is 6.68. The molecular formula is C16H14N2OS. The second-order valence-electron chi connectivity index (χ2n) is 5.03. The summed E-state index contributed by atoms with van der Waals surface area (Å²) in [4.78, 5) is 3.20. The van der Waals surface area contributed by atoms with Crippen molar-refractivity contribution < 1.29 is 5.11 Å². The van der Waals surface area contributed by atoms with Crippen LogP contribution in [0.2, 0.25) is 0 Å². The maximum absolute atomic E-state index is 9.69. The number of aromatic nitrogens is 1. The average Bonchev–Trinajstić information content (AvgIpc) is 2.45. The molecule has 4 heteroatoms. The number of H-pyrrole nitrogens is 1. The van der Waals surface area contributed by atoms with Crippen molar-refractivity contribution in [3.8, 4) is 22.9 Å². The Balaban J connectivity index is 2.35. The van der Waals surface area contributed by atoms with E-state index in [1.165, 1.54) is 5.56 Å². The van der Waals surface area contributed by atoms with Crippen LogP contribution in [-0.4, -0.2) is 10.1 Å². The number of benzene rings is 1. The van der Waals surface area contributed by atoms with Crippen LogP contribution in [0.3, 0.4) is 0 Å². The zero-order chi connectivity index (χ0) is 14.1. The van der Waals surface area contributed by atoms with Crippen molar-refractivity contribution in [3.05, 3.63) is 45.7 Å². The van der Waals surface area contributed by atoms with Crippen LogP contribution in [-0.2, 0) is 12.8 Å². The quantitative estimate of drug-likeness (QED) is 0.781. The van der Waals surface area contributed by atoms with Gasteiger partial charge in [0.2, 0.25) is 0 Å². The van der Waals surface area contributed by atoms with Gasteiger partial charge in [0.05, 0.1) is 5.56 Å². The summed E-state index contributed by atoms with van der Waals surface area (Å²) in [6.45, 7) is 0. The Morgan fingerprint density at radius 3 is 2.80 bits per heavy atom. The van der Waals surface area contributed by atoms with Crippen molar-refractivity contribution in [3.63, 3.8) is 0 Å². The van der Waals surface area contributed by atoms with E-state index < -0.39 is 0 Å². The van der Waals surface area contributed by atoms with E-state index in [-0.39, 0.29) is 5.75 Å². The van der Waals surface area contributed by atoms with Gasteiger partial charge in [-0.05, 0) is 48.9 Å². The molecule has 1 heterocycles. The number of aromatic hydroxyl groups is 1. The van der Waals surface area contributed by atoms with Gasteiger partial charge in [-0.15, -0.1) is 0 Å².